The maximum Gasteiger partial charge on any atom is 0.183 e. The second-order valence-corrected chi connectivity index (χ2v) is 6.90. The van der Waals surface area contributed by atoms with Crippen molar-refractivity contribution in [1.29, 1.82) is 0 Å². The van der Waals surface area contributed by atoms with Gasteiger partial charge in [0.25, 0.3) is 0 Å². The first kappa shape index (κ1) is 12.1. The van der Waals surface area contributed by atoms with Crippen LogP contribution in [-0.4, -0.2) is 56.3 Å². The highest BCUT2D eigenvalue weighted by Gasteiger charge is 2.27. The molecule has 0 amide bonds. The summed E-state index contributed by atoms with van der Waals surface area (Å²) in [6, 6.07) is 0. The molecule has 0 aromatic carbocycles. The number of nitrogens with zero attached hydrogens (tertiary/aromatic N) is 4. The third kappa shape index (κ3) is 1.87. The minimum atomic E-state index is -1.79. The van der Waals surface area contributed by atoms with Gasteiger partial charge in [0.05, 0.1) is 0 Å². The highest BCUT2D eigenvalue weighted by atomic mass is 31.2. The Balaban J connectivity index is 5.08. The van der Waals surface area contributed by atoms with Crippen LogP contribution in [0.25, 0.3) is 0 Å². The summed E-state index contributed by atoms with van der Waals surface area (Å²) in [7, 11) is 10.2. The first-order valence-corrected chi connectivity index (χ1v) is 5.34. The van der Waals surface area contributed by atoms with Crippen LogP contribution in [0, 0.1) is 0 Å². The lowest BCUT2D eigenvalue weighted by Gasteiger charge is -2.39. The maximum absolute atomic E-state index is 5.46. The summed E-state index contributed by atoms with van der Waals surface area (Å²) in [6.07, 6.45) is 0. The number of hydrogen-bond donors (Lipinski definition) is 1. The van der Waals surface area contributed by atoms with E-state index < -0.39 is 7.51 Å². The van der Waals surface area contributed by atoms with Crippen LogP contribution in [0.2, 0.25) is 0 Å². The average molecular weight is 193 g/mol. The molecule has 0 fully saturated rings. The summed E-state index contributed by atoms with van der Waals surface area (Å²) in [4.78, 5) is 4.01. The van der Waals surface area contributed by atoms with Crippen molar-refractivity contribution < 1.29 is 0 Å². The molecule has 5 nitrogen and oxygen atoms in total. The largest absolute Gasteiger partial charge is 0.251 e. The molecular weight excluding hydrogens is 173 g/mol. The van der Waals surface area contributed by atoms with E-state index in [9.17, 15) is 0 Å². The average Bonchev–Trinajstić information content (AvgIpc) is 1.86. The monoisotopic (exact) mass is 193 g/mol. The van der Waals surface area contributed by atoms with Crippen molar-refractivity contribution in [3.8, 4) is 0 Å². The standard InChI is InChI=1S/C6H20N5P/c1-9(2)12(8-7,10(3)4)11(5)6/h7H2,1-6H3. The van der Waals surface area contributed by atoms with E-state index in [-0.39, 0.29) is 0 Å². The van der Waals surface area contributed by atoms with Crippen molar-refractivity contribution in [2.45, 2.75) is 0 Å². The molecule has 0 spiro atoms. The second kappa shape index (κ2) is 4.35. The SMILES string of the molecule is CN(C)P(=NN)(N(C)C)N(C)C. The third-order valence-corrected chi connectivity index (χ3v) is 5.29. The van der Waals surface area contributed by atoms with Crippen molar-refractivity contribution >= 4 is 7.51 Å². The van der Waals surface area contributed by atoms with Crippen LogP contribution in [0.5, 0.6) is 0 Å². The van der Waals surface area contributed by atoms with Crippen molar-refractivity contribution in [2.24, 2.45) is 10.7 Å². The van der Waals surface area contributed by atoms with Crippen LogP contribution >= 0.6 is 7.51 Å². The fourth-order valence-electron chi connectivity index (χ4n) is 1.38. The van der Waals surface area contributed by atoms with E-state index in [2.05, 4.69) is 18.9 Å². The molecule has 0 bridgehead atoms. The van der Waals surface area contributed by atoms with Gasteiger partial charge in [-0.1, -0.05) is 0 Å². The van der Waals surface area contributed by atoms with Gasteiger partial charge in [0.2, 0.25) is 0 Å². The van der Waals surface area contributed by atoms with E-state index in [4.69, 9.17) is 5.84 Å². The summed E-state index contributed by atoms with van der Waals surface area (Å²) < 4.78 is 6.19. The van der Waals surface area contributed by atoms with Gasteiger partial charge in [-0.05, 0) is 42.3 Å². The van der Waals surface area contributed by atoms with Crippen LogP contribution in [0.15, 0.2) is 4.85 Å². The normalized spacial score (nSPS) is 13.2. The van der Waals surface area contributed by atoms with Gasteiger partial charge in [-0.15, -0.1) is 0 Å². The zero-order valence-corrected chi connectivity index (χ0v) is 9.71. The van der Waals surface area contributed by atoms with Gasteiger partial charge >= 0.3 is 0 Å². The Kier molecular flexibility index (Phi) is 4.37. The topological polar surface area (TPSA) is 48.1 Å². The summed E-state index contributed by atoms with van der Waals surface area (Å²) in [5.74, 6) is 5.46. The number of rotatable bonds is 3. The van der Waals surface area contributed by atoms with Gasteiger partial charge in [0.1, 0.15) is 0 Å². The summed E-state index contributed by atoms with van der Waals surface area (Å²) in [5, 5.41) is 0. The number of hydrogen-bond acceptors (Lipinski definition) is 1. The van der Waals surface area contributed by atoms with E-state index in [1.165, 1.54) is 0 Å². The summed E-state index contributed by atoms with van der Waals surface area (Å²) >= 11 is 0. The predicted octanol–water partition coefficient (Wildman–Crippen LogP) is 0.491. The van der Waals surface area contributed by atoms with Crippen molar-refractivity contribution in [2.75, 3.05) is 42.3 Å². The lowest BCUT2D eigenvalue weighted by Crippen LogP contribution is -2.31. The maximum atomic E-state index is 5.46. The van der Waals surface area contributed by atoms with Gasteiger partial charge in [-0.2, -0.15) is 4.85 Å². The highest BCUT2D eigenvalue weighted by molar-refractivity contribution is 7.58. The molecule has 12 heavy (non-hydrogen) atoms. The van der Waals surface area contributed by atoms with E-state index in [0.29, 0.717) is 0 Å². The Morgan fingerprint density at radius 1 is 0.833 bits per heavy atom. The Bertz CT molecular complexity index is 158. The van der Waals surface area contributed by atoms with Crippen LogP contribution in [0.1, 0.15) is 0 Å². The van der Waals surface area contributed by atoms with Crippen LogP contribution in [0.4, 0.5) is 0 Å². The summed E-state index contributed by atoms with van der Waals surface area (Å²) in [5.41, 5.74) is 0. The molecule has 0 saturated heterocycles. The Morgan fingerprint density at radius 3 is 1.08 bits per heavy atom. The minimum Gasteiger partial charge on any atom is -0.251 e. The van der Waals surface area contributed by atoms with Crippen LogP contribution in [-0.2, 0) is 0 Å². The lowest BCUT2D eigenvalue weighted by atomic mass is 11.2. The zero-order chi connectivity index (χ0) is 9.94. The lowest BCUT2D eigenvalue weighted by molar-refractivity contribution is 0.471. The smallest absolute Gasteiger partial charge is 0.183 e. The molecule has 0 aliphatic carbocycles. The van der Waals surface area contributed by atoms with E-state index >= 15 is 0 Å². The molecule has 0 aromatic rings. The molecule has 74 valence electrons. The summed E-state index contributed by atoms with van der Waals surface area (Å²) in [6.45, 7) is 0. The van der Waals surface area contributed by atoms with Gasteiger partial charge in [-0.25, -0.2) is 5.84 Å². The van der Waals surface area contributed by atoms with E-state index in [1.54, 1.807) is 0 Å². The molecular formula is C6H20N5P. The molecule has 0 radical (unpaired) electrons. The molecule has 0 aliphatic rings. The minimum absolute atomic E-state index is 1.79. The first-order valence-electron chi connectivity index (χ1n) is 3.74. The Morgan fingerprint density at radius 2 is 1.08 bits per heavy atom. The van der Waals surface area contributed by atoms with Crippen molar-refractivity contribution in [3.05, 3.63) is 0 Å². The van der Waals surface area contributed by atoms with Crippen LogP contribution in [0.3, 0.4) is 0 Å². The number of nitrogens with two attached hydrogens (primary N) is 1. The van der Waals surface area contributed by atoms with Crippen LogP contribution < -0.4 is 5.84 Å². The molecule has 0 aliphatic heterocycles. The fourth-order valence-corrected chi connectivity index (χ4v) is 4.15. The van der Waals surface area contributed by atoms with Gasteiger partial charge < -0.3 is 0 Å². The van der Waals surface area contributed by atoms with E-state index in [1.807, 2.05) is 42.3 Å². The highest BCUT2D eigenvalue weighted by Crippen LogP contribution is 2.53. The molecule has 0 aromatic heterocycles. The fraction of sp³-hybridized carbons (Fsp3) is 1.00. The van der Waals surface area contributed by atoms with Gasteiger partial charge in [-0.3, -0.25) is 14.0 Å². The first-order chi connectivity index (χ1) is 5.39. The quantitative estimate of drug-likeness (QED) is 0.402. The van der Waals surface area contributed by atoms with E-state index in [0.717, 1.165) is 0 Å². The molecule has 2 N–H and O–H groups in total. The Labute approximate surface area is 75.3 Å². The second-order valence-electron chi connectivity index (χ2n) is 3.19. The molecule has 0 atom stereocenters. The predicted molar refractivity (Wildman–Crippen MR) is 54.6 cm³/mol. The zero-order valence-electron chi connectivity index (χ0n) is 8.81. The van der Waals surface area contributed by atoms with Crippen molar-refractivity contribution in [3.63, 3.8) is 0 Å². The molecule has 0 saturated carbocycles. The van der Waals surface area contributed by atoms with Crippen molar-refractivity contribution in [1.82, 2.24) is 14.0 Å². The van der Waals surface area contributed by atoms with Gasteiger partial charge in [0, 0.05) is 0 Å². The third-order valence-electron chi connectivity index (χ3n) is 1.76. The van der Waals surface area contributed by atoms with Gasteiger partial charge in [0.15, 0.2) is 7.51 Å². The molecule has 0 heterocycles. The molecule has 0 unspecified atom stereocenters. The molecule has 6 heteroatoms. The Hall–Kier alpha value is 0.0700. The molecule has 0 rings (SSSR count).